The highest BCUT2D eigenvalue weighted by Gasteiger charge is 2.38. The van der Waals surface area contributed by atoms with Crippen LogP contribution in [0.3, 0.4) is 0 Å². The van der Waals surface area contributed by atoms with E-state index in [4.69, 9.17) is 0 Å². The van der Waals surface area contributed by atoms with Crippen molar-refractivity contribution in [2.75, 3.05) is 18.4 Å². The molecule has 0 radical (unpaired) electrons. The predicted molar refractivity (Wildman–Crippen MR) is 85.3 cm³/mol. The number of aryl methyl sites for hydroxylation is 2. The van der Waals surface area contributed by atoms with Gasteiger partial charge in [0.1, 0.15) is 6.04 Å². The van der Waals surface area contributed by atoms with Gasteiger partial charge in [0.25, 0.3) is 0 Å². The van der Waals surface area contributed by atoms with Gasteiger partial charge >= 0.3 is 5.97 Å². The third-order valence-corrected chi connectivity index (χ3v) is 5.72. The number of hydrogen-bond acceptors (Lipinski definition) is 5. The molecule has 1 aliphatic rings. The fourth-order valence-electron chi connectivity index (χ4n) is 2.66. The molecule has 2 rings (SSSR count). The standard InChI is InChI=1S/C15H22N2O4S/c1-4-11-7-5-6-10(2)14(11)17-22(19,20)12-8-13(16-9-12)15(18)21-3/h5-7,12-13,16-17H,4,8-9H2,1-3H3. The number of para-hydroxylation sites is 1. The predicted octanol–water partition coefficient (Wildman–Crippen LogP) is 1.20. The summed E-state index contributed by atoms with van der Waals surface area (Å²) in [5, 5.41) is 2.25. The molecule has 22 heavy (non-hydrogen) atoms. The van der Waals surface area contributed by atoms with E-state index in [0.29, 0.717) is 5.69 Å². The zero-order chi connectivity index (χ0) is 16.3. The Morgan fingerprint density at radius 3 is 2.82 bits per heavy atom. The number of benzene rings is 1. The average Bonchev–Trinajstić information content (AvgIpc) is 2.99. The van der Waals surface area contributed by atoms with E-state index in [1.54, 1.807) is 0 Å². The number of methoxy groups -OCH3 is 1. The summed E-state index contributed by atoms with van der Waals surface area (Å²) in [5.74, 6) is -0.428. The molecule has 0 spiro atoms. The van der Waals surface area contributed by atoms with Crippen LogP contribution < -0.4 is 10.0 Å². The molecule has 0 bridgehead atoms. The third-order valence-electron chi connectivity index (χ3n) is 4.00. The first-order valence-electron chi connectivity index (χ1n) is 7.30. The second-order valence-corrected chi connectivity index (χ2v) is 7.41. The lowest BCUT2D eigenvalue weighted by molar-refractivity contribution is -0.142. The first-order valence-corrected chi connectivity index (χ1v) is 8.85. The largest absolute Gasteiger partial charge is 0.468 e. The lowest BCUT2D eigenvalue weighted by Crippen LogP contribution is -2.31. The number of hydrogen-bond donors (Lipinski definition) is 2. The highest BCUT2D eigenvalue weighted by Crippen LogP contribution is 2.25. The fraction of sp³-hybridized carbons (Fsp3) is 0.533. The number of esters is 1. The van der Waals surface area contributed by atoms with Crippen molar-refractivity contribution in [3.63, 3.8) is 0 Å². The molecule has 1 aromatic rings. The minimum Gasteiger partial charge on any atom is -0.468 e. The average molecular weight is 326 g/mol. The molecule has 2 atom stereocenters. The number of anilines is 1. The molecule has 122 valence electrons. The van der Waals surface area contributed by atoms with Gasteiger partial charge in [-0.05, 0) is 30.9 Å². The van der Waals surface area contributed by atoms with Crippen LogP contribution in [0.15, 0.2) is 18.2 Å². The van der Waals surface area contributed by atoms with Gasteiger partial charge in [-0.25, -0.2) is 8.42 Å². The highest BCUT2D eigenvalue weighted by atomic mass is 32.2. The number of rotatable bonds is 5. The zero-order valence-corrected chi connectivity index (χ0v) is 13.9. The Morgan fingerprint density at radius 2 is 2.18 bits per heavy atom. The summed E-state index contributed by atoms with van der Waals surface area (Å²) in [6, 6.07) is 5.14. The first kappa shape index (κ1) is 16.8. The molecular formula is C15H22N2O4S. The molecule has 7 heteroatoms. The summed E-state index contributed by atoms with van der Waals surface area (Å²) in [6.45, 7) is 4.10. The Balaban J connectivity index is 2.18. The lowest BCUT2D eigenvalue weighted by atomic mass is 10.1. The topological polar surface area (TPSA) is 84.5 Å². The van der Waals surface area contributed by atoms with Crippen molar-refractivity contribution in [3.05, 3.63) is 29.3 Å². The maximum absolute atomic E-state index is 12.6. The lowest BCUT2D eigenvalue weighted by Gasteiger charge is -2.17. The van der Waals surface area contributed by atoms with Gasteiger partial charge in [0.2, 0.25) is 10.0 Å². The van der Waals surface area contributed by atoms with Crippen LogP contribution in [-0.4, -0.2) is 39.3 Å². The number of nitrogens with one attached hydrogen (secondary N) is 2. The first-order chi connectivity index (χ1) is 10.4. The van der Waals surface area contributed by atoms with Gasteiger partial charge in [0, 0.05) is 6.54 Å². The second-order valence-electron chi connectivity index (χ2n) is 5.45. The molecule has 0 amide bonds. The quantitative estimate of drug-likeness (QED) is 0.794. The number of sulfonamides is 1. The normalized spacial score (nSPS) is 21.6. The number of ether oxygens (including phenoxy) is 1. The molecule has 1 aromatic carbocycles. The van der Waals surface area contributed by atoms with E-state index < -0.39 is 27.3 Å². The SMILES string of the molecule is CCc1cccc(C)c1NS(=O)(=O)C1CNC(C(=O)OC)C1. The molecular weight excluding hydrogens is 304 g/mol. The molecule has 0 aliphatic carbocycles. The third kappa shape index (κ3) is 3.41. The van der Waals surface area contributed by atoms with Crippen LogP contribution in [0, 0.1) is 6.92 Å². The van der Waals surface area contributed by atoms with Crippen LogP contribution in [0.1, 0.15) is 24.5 Å². The molecule has 1 saturated heterocycles. The second kappa shape index (κ2) is 6.66. The van der Waals surface area contributed by atoms with Crippen molar-refractivity contribution in [1.29, 1.82) is 0 Å². The maximum Gasteiger partial charge on any atom is 0.322 e. The van der Waals surface area contributed by atoms with Gasteiger partial charge in [0.05, 0.1) is 18.0 Å². The smallest absolute Gasteiger partial charge is 0.322 e. The Labute approximate surface area is 131 Å². The van der Waals surface area contributed by atoms with E-state index in [9.17, 15) is 13.2 Å². The van der Waals surface area contributed by atoms with Crippen LogP contribution in [0.4, 0.5) is 5.69 Å². The summed E-state index contributed by atoms with van der Waals surface area (Å²) in [5.41, 5.74) is 2.49. The Morgan fingerprint density at radius 1 is 1.45 bits per heavy atom. The fourth-order valence-corrected chi connectivity index (χ4v) is 4.16. The Hall–Kier alpha value is -1.60. The monoisotopic (exact) mass is 326 g/mol. The van der Waals surface area contributed by atoms with Crippen molar-refractivity contribution in [3.8, 4) is 0 Å². The van der Waals surface area contributed by atoms with Gasteiger partial charge in [-0.1, -0.05) is 25.1 Å². The van der Waals surface area contributed by atoms with Gasteiger partial charge in [-0.15, -0.1) is 0 Å². The van der Waals surface area contributed by atoms with Crippen molar-refractivity contribution >= 4 is 21.7 Å². The molecule has 1 heterocycles. The van der Waals surface area contributed by atoms with Gasteiger partial charge in [-0.3, -0.25) is 9.52 Å². The maximum atomic E-state index is 12.6. The van der Waals surface area contributed by atoms with E-state index in [1.807, 2.05) is 32.0 Å². The van der Waals surface area contributed by atoms with Crippen LogP contribution in [0.25, 0.3) is 0 Å². The molecule has 0 saturated carbocycles. The highest BCUT2D eigenvalue weighted by molar-refractivity contribution is 7.93. The summed E-state index contributed by atoms with van der Waals surface area (Å²) in [6.07, 6.45) is 0.961. The van der Waals surface area contributed by atoms with Crippen LogP contribution in [0.5, 0.6) is 0 Å². The van der Waals surface area contributed by atoms with Crippen LogP contribution in [0.2, 0.25) is 0 Å². The van der Waals surface area contributed by atoms with Crippen LogP contribution >= 0.6 is 0 Å². The number of carbonyl (C=O) groups is 1. The summed E-state index contributed by atoms with van der Waals surface area (Å²) in [7, 11) is -2.27. The Kier molecular flexibility index (Phi) is 5.08. The molecule has 2 unspecified atom stereocenters. The molecule has 2 N–H and O–H groups in total. The minimum atomic E-state index is -3.56. The van der Waals surface area contributed by atoms with Crippen molar-refractivity contribution in [1.82, 2.24) is 5.32 Å². The summed E-state index contributed by atoms with van der Waals surface area (Å²) < 4.78 is 32.5. The van der Waals surface area contributed by atoms with Crippen molar-refractivity contribution in [2.45, 2.75) is 38.0 Å². The van der Waals surface area contributed by atoms with E-state index in [2.05, 4.69) is 14.8 Å². The Bertz CT molecular complexity index is 658. The minimum absolute atomic E-state index is 0.218. The van der Waals surface area contributed by atoms with Gasteiger partial charge < -0.3 is 10.1 Å². The van der Waals surface area contributed by atoms with Crippen LogP contribution in [-0.2, 0) is 26.0 Å². The van der Waals surface area contributed by atoms with Gasteiger partial charge in [0.15, 0.2) is 0 Å². The molecule has 1 aliphatic heterocycles. The van der Waals surface area contributed by atoms with Crippen molar-refractivity contribution < 1.29 is 17.9 Å². The van der Waals surface area contributed by atoms with E-state index in [-0.39, 0.29) is 13.0 Å². The van der Waals surface area contributed by atoms with E-state index in [1.165, 1.54) is 7.11 Å². The summed E-state index contributed by atoms with van der Waals surface area (Å²) in [4.78, 5) is 11.5. The molecule has 1 fully saturated rings. The number of carbonyl (C=O) groups excluding carboxylic acids is 1. The van der Waals surface area contributed by atoms with Crippen molar-refractivity contribution in [2.24, 2.45) is 0 Å². The molecule has 6 nitrogen and oxygen atoms in total. The molecule has 0 aromatic heterocycles. The van der Waals surface area contributed by atoms with Gasteiger partial charge in [-0.2, -0.15) is 0 Å². The van der Waals surface area contributed by atoms with E-state index >= 15 is 0 Å². The van der Waals surface area contributed by atoms with E-state index in [0.717, 1.165) is 17.5 Å². The summed E-state index contributed by atoms with van der Waals surface area (Å²) >= 11 is 0. The zero-order valence-electron chi connectivity index (χ0n) is 13.0.